The van der Waals surface area contributed by atoms with Crippen molar-refractivity contribution < 1.29 is 9.18 Å². The third-order valence-electron chi connectivity index (χ3n) is 4.96. The molecule has 1 aromatic heterocycles. The molecule has 1 heterocycles. The molecule has 2 aromatic carbocycles. The van der Waals surface area contributed by atoms with Crippen LogP contribution in [-0.4, -0.2) is 28.9 Å². The molecule has 1 amide bonds. The number of hydrogen-bond donors (Lipinski definition) is 0. The molecular weight excluding hydrogens is 327 g/mol. The highest BCUT2D eigenvalue weighted by atomic mass is 19.1. The van der Waals surface area contributed by atoms with Gasteiger partial charge in [0, 0.05) is 24.0 Å². The Labute approximate surface area is 153 Å². The monoisotopic (exact) mass is 350 g/mol. The molecule has 1 unspecified atom stereocenters. The van der Waals surface area contributed by atoms with Gasteiger partial charge in [-0.15, -0.1) is 0 Å². The Kier molecular flexibility index (Phi) is 5.31. The minimum Gasteiger partial charge on any atom is -0.338 e. The van der Waals surface area contributed by atoms with Gasteiger partial charge in [-0.05, 0) is 30.5 Å². The Bertz CT molecular complexity index is 924. The van der Waals surface area contributed by atoms with Gasteiger partial charge in [0.2, 0.25) is 0 Å². The fourth-order valence-electron chi connectivity index (χ4n) is 3.13. The van der Waals surface area contributed by atoms with Gasteiger partial charge in [-0.25, -0.2) is 9.37 Å². The number of hydrogen-bond acceptors (Lipinski definition) is 2. The molecule has 0 bridgehead atoms. The lowest BCUT2D eigenvalue weighted by molar-refractivity contribution is 0.0733. The second-order valence-electron chi connectivity index (χ2n) is 6.50. The number of carbonyl (C=O) groups is 1. The van der Waals surface area contributed by atoms with Crippen LogP contribution in [0.3, 0.4) is 0 Å². The van der Waals surface area contributed by atoms with Gasteiger partial charge in [0.05, 0.1) is 5.52 Å². The zero-order valence-electron chi connectivity index (χ0n) is 15.4. The molecular formula is C22H23FN2O. The highest BCUT2D eigenvalue weighted by Crippen LogP contribution is 2.34. The Morgan fingerprint density at radius 2 is 1.77 bits per heavy atom. The molecule has 0 aliphatic rings. The minimum atomic E-state index is -0.739. The summed E-state index contributed by atoms with van der Waals surface area (Å²) in [5, 5.41) is 0.856. The summed E-state index contributed by atoms with van der Waals surface area (Å²) in [5.74, 6) is -0.241. The SMILES string of the molecule is CCC(C)N(C)C(=O)c1nc2ccccc2c(-c2ccccc2)c1CF. The second-order valence-corrected chi connectivity index (χ2v) is 6.50. The Morgan fingerprint density at radius 3 is 2.42 bits per heavy atom. The quantitative estimate of drug-likeness (QED) is 0.630. The van der Waals surface area contributed by atoms with E-state index in [-0.39, 0.29) is 17.6 Å². The maximum absolute atomic E-state index is 14.2. The van der Waals surface area contributed by atoms with Crippen LogP contribution in [0.25, 0.3) is 22.0 Å². The molecule has 3 nitrogen and oxygen atoms in total. The molecule has 134 valence electrons. The van der Waals surface area contributed by atoms with Crippen LogP contribution in [0.1, 0.15) is 36.3 Å². The van der Waals surface area contributed by atoms with Gasteiger partial charge in [0.1, 0.15) is 12.4 Å². The number of pyridine rings is 1. The van der Waals surface area contributed by atoms with E-state index in [0.29, 0.717) is 11.1 Å². The van der Waals surface area contributed by atoms with E-state index in [4.69, 9.17) is 0 Å². The first-order valence-electron chi connectivity index (χ1n) is 8.88. The lowest BCUT2D eigenvalue weighted by atomic mass is 9.94. The Hall–Kier alpha value is -2.75. The third-order valence-corrected chi connectivity index (χ3v) is 4.96. The van der Waals surface area contributed by atoms with Gasteiger partial charge in [-0.3, -0.25) is 4.79 Å². The molecule has 26 heavy (non-hydrogen) atoms. The molecule has 0 N–H and O–H groups in total. The van der Waals surface area contributed by atoms with Crippen LogP contribution in [0.5, 0.6) is 0 Å². The van der Waals surface area contributed by atoms with E-state index in [2.05, 4.69) is 4.98 Å². The highest BCUT2D eigenvalue weighted by molar-refractivity contribution is 6.03. The van der Waals surface area contributed by atoms with Gasteiger partial charge in [0.15, 0.2) is 0 Å². The van der Waals surface area contributed by atoms with E-state index >= 15 is 0 Å². The van der Waals surface area contributed by atoms with Gasteiger partial charge in [-0.1, -0.05) is 55.5 Å². The number of amides is 1. The molecule has 0 saturated carbocycles. The largest absolute Gasteiger partial charge is 0.338 e. The van der Waals surface area contributed by atoms with Crippen LogP contribution in [0, 0.1) is 0 Å². The number of nitrogens with zero attached hydrogens (tertiary/aromatic N) is 2. The first-order valence-corrected chi connectivity index (χ1v) is 8.88. The fraction of sp³-hybridized carbons (Fsp3) is 0.273. The molecule has 0 aliphatic heterocycles. The van der Waals surface area contributed by atoms with Crippen molar-refractivity contribution in [3.8, 4) is 11.1 Å². The van der Waals surface area contributed by atoms with Gasteiger partial charge in [0.25, 0.3) is 5.91 Å². The van der Waals surface area contributed by atoms with Crippen LogP contribution in [0.2, 0.25) is 0 Å². The van der Waals surface area contributed by atoms with Gasteiger partial charge in [-0.2, -0.15) is 0 Å². The number of para-hydroxylation sites is 1. The predicted octanol–water partition coefficient (Wildman–Crippen LogP) is 5.24. The molecule has 3 aromatic rings. The maximum Gasteiger partial charge on any atom is 0.272 e. The number of aromatic nitrogens is 1. The lowest BCUT2D eigenvalue weighted by Gasteiger charge is -2.25. The summed E-state index contributed by atoms with van der Waals surface area (Å²) in [4.78, 5) is 19.2. The average Bonchev–Trinajstić information content (AvgIpc) is 2.71. The predicted molar refractivity (Wildman–Crippen MR) is 104 cm³/mol. The Balaban J connectivity index is 2.30. The van der Waals surface area contributed by atoms with Crippen LogP contribution in [-0.2, 0) is 6.67 Å². The molecule has 0 aliphatic carbocycles. The number of alkyl halides is 1. The van der Waals surface area contributed by atoms with Crippen molar-refractivity contribution >= 4 is 16.8 Å². The van der Waals surface area contributed by atoms with E-state index in [0.717, 1.165) is 22.9 Å². The number of carbonyl (C=O) groups excluding carboxylic acids is 1. The summed E-state index contributed by atoms with van der Waals surface area (Å²) in [6.45, 7) is 3.26. The summed E-state index contributed by atoms with van der Waals surface area (Å²) in [6.07, 6.45) is 0.826. The molecule has 0 radical (unpaired) electrons. The van der Waals surface area contributed by atoms with Crippen molar-refractivity contribution in [1.29, 1.82) is 0 Å². The van der Waals surface area contributed by atoms with Crippen molar-refractivity contribution in [2.24, 2.45) is 0 Å². The van der Waals surface area contributed by atoms with E-state index in [1.165, 1.54) is 0 Å². The summed E-state index contributed by atoms with van der Waals surface area (Å²) in [5.41, 5.74) is 2.89. The molecule has 3 rings (SSSR count). The van der Waals surface area contributed by atoms with Gasteiger partial charge < -0.3 is 4.90 Å². The molecule has 4 heteroatoms. The molecule has 1 atom stereocenters. The first kappa shape index (κ1) is 18.1. The number of rotatable bonds is 5. The van der Waals surface area contributed by atoms with E-state index in [1.54, 1.807) is 11.9 Å². The van der Waals surface area contributed by atoms with Crippen LogP contribution in [0.4, 0.5) is 4.39 Å². The number of fused-ring (bicyclic) bond motifs is 1. The average molecular weight is 350 g/mol. The summed E-state index contributed by atoms with van der Waals surface area (Å²) in [6, 6.07) is 17.3. The van der Waals surface area contributed by atoms with Crippen LogP contribution in [0.15, 0.2) is 54.6 Å². The zero-order valence-corrected chi connectivity index (χ0v) is 15.4. The minimum absolute atomic E-state index is 0.0587. The summed E-state index contributed by atoms with van der Waals surface area (Å²) >= 11 is 0. The fourth-order valence-corrected chi connectivity index (χ4v) is 3.13. The zero-order chi connectivity index (χ0) is 18.7. The first-order chi connectivity index (χ1) is 12.6. The van der Waals surface area contributed by atoms with Crippen molar-refractivity contribution in [3.05, 3.63) is 65.9 Å². The standard InChI is InChI=1S/C22H23FN2O/c1-4-15(2)25(3)22(26)21-18(14-23)20(16-10-6-5-7-11-16)17-12-8-9-13-19(17)24-21/h5-13,15H,4,14H2,1-3H3. The van der Waals surface area contributed by atoms with Crippen molar-refractivity contribution in [2.75, 3.05) is 7.05 Å². The van der Waals surface area contributed by atoms with Crippen LogP contribution >= 0.6 is 0 Å². The maximum atomic E-state index is 14.2. The second kappa shape index (κ2) is 7.65. The molecule has 0 fully saturated rings. The third kappa shape index (κ3) is 3.19. The molecule has 0 spiro atoms. The summed E-state index contributed by atoms with van der Waals surface area (Å²) < 4.78 is 14.2. The van der Waals surface area contributed by atoms with E-state index in [9.17, 15) is 9.18 Å². The van der Waals surface area contributed by atoms with Crippen molar-refractivity contribution in [3.63, 3.8) is 0 Å². The number of benzene rings is 2. The summed E-state index contributed by atoms with van der Waals surface area (Å²) in [7, 11) is 1.75. The normalized spacial score (nSPS) is 12.2. The Morgan fingerprint density at radius 1 is 1.12 bits per heavy atom. The van der Waals surface area contributed by atoms with E-state index in [1.807, 2.05) is 68.4 Å². The van der Waals surface area contributed by atoms with Crippen molar-refractivity contribution in [2.45, 2.75) is 33.0 Å². The smallest absolute Gasteiger partial charge is 0.272 e. The van der Waals surface area contributed by atoms with Crippen molar-refractivity contribution in [1.82, 2.24) is 9.88 Å². The highest BCUT2D eigenvalue weighted by Gasteiger charge is 2.25. The lowest BCUT2D eigenvalue weighted by Crippen LogP contribution is -2.35. The molecule has 0 saturated heterocycles. The van der Waals surface area contributed by atoms with E-state index < -0.39 is 6.67 Å². The number of halogens is 1. The van der Waals surface area contributed by atoms with Gasteiger partial charge >= 0.3 is 0 Å². The topological polar surface area (TPSA) is 33.2 Å². The van der Waals surface area contributed by atoms with Crippen LogP contribution < -0.4 is 0 Å².